The maximum absolute atomic E-state index is 12.6. The van der Waals surface area contributed by atoms with E-state index in [0.29, 0.717) is 10.6 Å². The molecule has 0 spiro atoms. The van der Waals surface area contributed by atoms with Crippen molar-refractivity contribution in [1.82, 2.24) is 9.29 Å². The highest BCUT2D eigenvalue weighted by atomic mass is 35.5. The number of nitrogens with one attached hydrogen (secondary N) is 1. The van der Waals surface area contributed by atoms with Gasteiger partial charge in [0, 0.05) is 24.8 Å². The lowest BCUT2D eigenvalue weighted by Gasteiger charge is -2.18. The van der Waals surface area contributed by atoms with Crippen LogP contribution in [-0.4, -0.2) is 24.8 Å². The summed E-state index contributed by atoms with van der Waals surface area (Å²) in [5.74, 6) is 5.33. The van der Waals surface area contributed by atoms with Crippen LogP contribution in [0.3, 0.4) is 0 Å². The Labute approximate surface area is 128 Å². The first-order valence-electron chi connectivity index (χ1n) is 6.08. The molecule has 1 heterocycles. The second kappa shape index (κ2) is 6.40. The van der Waals surface area contributed by atoms with Crippen LogP contribution in [0.1, 0.15) is 5.56 Å². The van der Waals surface area contributed by atoms with Gasteiger partial charge in [-0.25, -0.2) is 13.4 Å². The fourth-order valence-electron chi connectivity index (χ4n) is 1.81. The Kier molecular flexibility index (Phi) is 4.79. The first kappa shape index (κ1) is 15.7. The minimum atomic E-state index is -3.78. The normalized spacial score (nSPS) is 11.6. The standard InChI is InChI=1S/C13H15ClN4O2S/c1-18(9-10-5-2-3-6-11(10)14)21(19,20)13-12(17-15)7-4-8-16-13/h2-8,17H,9,15H2,1H3. The molecule has 0 amide bonds. The lowest BCUT2D eigenvalue weighted by molar-refractivity contribution is 0.464. The number of hydrogen-bond donors (Lipinski definition) is 2. The van der Waals surface area contributed by atoms with Crippen LogP contribution < -0.4 is 11.3 Å². The molecule has 2 aromatic rings. The average Bonchev–Trinajstić information content (AvgIpc) is 2.49. The van der Waals surface area contributed by atoms with E-state index in [9.17, 15) is 8.42 Å². The fourth-order valence-corrected chi connectivity index (χ4v) is 3.20. The molecule has 0 aliphatic rings. The van der Waals surface area contributed by atoms with Gasteiger partial charge >= 0.3 is 0 Å². The Morgan fingerprint density at radius 2 is 2.00 bits per heavy atom. The van der Waals surface area contributed by atoms with E-state index in [4.69, 9.17) is 17.4 Å². The zero-order chi connectivity index (χ0) is 15.5. The number of benzene rings is 1. The van der Waals surface area contributed by atoms with E-state index in [0.717, 1.165) is 0 Å². The van der Waals surface area contributed by atoms with Crippen LogP contribution in [0.2, 0.25) is 5.02 Å². The van der Waals surface area contributed by atoms with Gasteiger partial charge in [-0.3, -0.25) is 5.84 Å². The van der Waals surface area contributed by atoms with Crippen LogP contribution in [-0.2, 0) is 16.6 Å². The van der Waals surface area contributed by atoms with E-state index in [1.807, 2.05) is 0 Å². The quantitative estimate of drug-likeness (QED) is 0.646. The van der Waals surface area contributed by atoms with Crippen molar-refractivity contribution >= 4 is 27.3 Å². The first-order chi connectivity index (χ1) is 9.96. The zero-order valence-electron chi connectivity index (χ0n) is 11.3. The van der Waals surface area contributed by atoms with Gasteiger partial charge in [0.2, 0.25) is 0 Å². The molecular formula is C13H15ClN4O2S. The topological polar surface area (TPSA) is 88.3 Å². The number of hydrazine groups is 1. The van der Waals surface area contributed by atoms with Gasteiger partial charge in [0.1, 0.15) is 0 Å². The first-order valence-corrected chi connectivity index (χ1v) is 7.90. The summed E-state index contributed by atoms with van der Waals surface area (Å²) in [5, 5.41) is 0.389. The maximum Gasteiger partial charge on any atom is 0.262 e. The molecule has 0 aliphatic carbocycles. The van der Waals surface area contributed by atoms with Crippen molar-refractivity contribution in [3.63, 3.8) is 0 Å². The van der Waals surface area contributed by atoms with Gasteiger partial charge in [0.15, 0.2) is 5.03 Å². The molecule has 2 rings (SSSR count). The van der Waals surface area contributed by atoms with E-state index >= 15 is 0 Å². The highest BCUT2D eigenvalue weighted by Crippen LogP contribution is 2.23. The van der Waals surface area contributed by atoms with E-state index < -0.39 is 10.0 Å². The summed E-state index contributed by atoms with van der Waals surface area (Å²) in [6.45, 7) is 0.141. The summed E-state index contributed by atoms with van der Waals surface area (Å²) in [6, 6.07) is 10.2. The summed E-state index contributed by atoms with van der Waals surface area (Å²) in [4.78, 5) is 3.90. The van der Waals surface area contributed by atoms with Gasteiger partial charge in [0.25, 0.3) is 10.0 Å². The van der Waals surface area contributed by atoms with Gasteiger partial charge in [-0.1, -0.05) is 29.8 Å². The molecule has 0 atom stereocenters. The number of pyridine rings is 1. The monoisotopic (exact) mass is 326 g/mol. The molecule has 0 radical (unpaired) electrons. The third kappa shape index (κ3) is 3.33. The van der Waals surface area contributed by atoms with Crippen LogP contribution in [0.25, 0.3) is 0 Å². The van der Waals surface area contributed by atoms with Crippen molar-refractivity contribution in [1.29, 1.82) is 0 Å². The molecule has 0 unspecified atom stereocenters. The summed E-state index contributed by atoms with van der Waals surface area (Å²) in [5.41, 5.74) is 3.29. The van der Waals surface area contributed by atoms with E-state index in [2.05, 4.69) is 10.4 Å². The van der Waals surface area contributed by atoms with E-state index in [1.54, 1.807) is 36.4 Å². The lowest BCUT2D eigenvalue weighted by Crippen LogP contribution is -2.28. The minimum absolute atomic E-state index is 0.123. The van der Waals surface area contributed by atoms with Crippen molar-refractivity contribution in [2.24, 2.45) is 5.84 Å². The predicted molar refractivity (Wildman–Crippen MR) is 82.2 cm³/mol. The SMILES string of the molecule is CN(Cc1ccccc1Cl)S(=O)(=O)c1ncccc1NN. The van der Waals surface area contributed by atoms with Crippen molar-refractivity contribution < 1.29 is 8.42 Å². The zero-order valence-corrected chi connectivity index (χ0v) is 12.9. The second-order valence-electron chi connectivity index (χ2n) is 4.35. The number of nitrogens with two attached hydrogens (primary N) is 1. The van der Waals surface area contributed by atoms with Crippen LogP contribution in [0, 0.1) is 0 Å². The molecule has 0 aliphatic heterocycles. The van der Waals surface area contributed by atoms with E-state index in [-0.39, 0.29) is 17.3 Å². The average molecular weight is 327 g/mol. The number of hydrogen-bond acceptors (Lipinski definition) is 5. The largest absolute Gasteiger partial charge is 0.321 e. The third-order valence-electron chi connectivity index (χ3n) is 2.93. The molecule has 6 nitrogen and oxygen atoms in total. The molecular weight excluding hydrogens is 312 g/mol. The molecule has 0 saturated heterocycles. The Hall–Kier alpha value is -1.67. The molecule has 8 heteroatoms. The molecule has 1 aromatic carbocycles. The Balaban J connectivity index is 2.33. The molecule has 1 aromatic heterocycles. The van der Waals surface area contributed by atoms with Crippen molar-refractivity contribution in [3.05, 3.63) is 53.2 Å². The van der Waals surface area contributed by atoms with Crippen molar-refractivity contribution in [3.8, 4) is 0 Å². The smallest absolute Gasteiger partial charge is 0.262 e. The molecule has 21 heavy (non-hydrogen) atoms. The Bertz CT molecular complexity index is 736. The highest BCUT2D eigenvalue weighted by Gasteiger charge is 2.25. The third-order valence-corrected chi connectivity index (χ3v) is 5.06. The Morgan fingerprint density at radius 3 is 2.67 bits per heavy atom. The maximum atomic E-state index is 12.6. The number of rotatable bonds is 5. The van der Waals surface area contributed by atoms with Gasteiger partial charge in [0.05, 0.1) is 5.69 Å². The molecule has 3 N–H and O–H groups in total. The van der Waals surface area contributed by atoms with Crippen LogP contribution in [0.5, 0.6) is 0 Å². The van der Waals surface area contributed by atoms with Crippen LogP contribution in [0.15, 0.2) is 47.6 Å². The predicted octanol–water partition coefficient (Wildman–Crippen LogP) is 1.84. The summed E-state index contributed by atoms with van der Waals surface area (Å²) < 4.78 is 26.3. The summed E-state index contributed by atoms with van der Waals surface area (Å²) >= 11 is 6.05. The van der Waals surface area contributed by atoms with Gasteiger partial charge < -0.3 is 5.43 Å². The summed E-state index contributed by atoms with van der Waals surface area (Å²) in [6.07, 6.45) is 1.40. The number of halogens is 1. The number of aromatic nitrogens is 1. The van der Waals surface area contributed by atoms with Gasteiger partial charge in [-0.15, -0.1) is 0 Å². The highest BCUT2D eigenvalue weighted by molar-refractivity contribution is 7.89. The molecule has 112 valence electrons. The van der Waals surface area contributed by atoms with Gasteiger partial charge in [-0.05, 0) is 23.8 Å². The molecule has 0 fully saturated rings. The van der Waals surface area contributed by atoms with Crippen molar-refractivity contribution in [2.45, 2.75) is 11.6 Å². The van der Waals surface area contributed by atoms with Crippen molar-refractivity contribution in [2.75, 3.05) is 12.5 Å². The van der Waals surface area contributed by atoms with E-state index in [1.165, 1.54) is 17.5 Å². The van der Waals surface area contributed by atoms with Crippen LogP contribution in [0.4, 0.5) is 5.69 Å². The number of anilines is 1. The number of nitrogen functional groups attached to an aromatic ring is 1. The summed E-state index contributed by atoms with van der Waals surface area (Å²) in [7, 11) is -2.31. The van der Waals surface area contributed by atoms with Gasteiger partial charge in [-0.2, -0.15) is 4.31 Å². The lowest BCUT2D eigenvalue weighted by atomic mass is 10.2. The molecule has 0 saturated carbocycles. The second-order valence-corrected chi connectivity index (χ2v) is 6.72. The Morgan fingerprint density at radius 1 is 1.29 bits per heavy atom. The number of nitrogens with zero attached hydrogens (tertiary/aromatic N) is 2. The number of sulfonamides is 1. The fraction of sp³-hybridized carbons (Fsp3) is 0.154. The molecule has 0 bridgehead atoms. The van der Waals surface area contributed by atoms with Crippen LogP contribution >= 0.6 is 11.6 Å². The minimum Gasteiger partial charge on any atom is -0.321 e.